The molecule has 1 aliphatic heterocycles. The first kappa shape index (κ1) is 16.0. The molecule has 0 radical (unpaired) electrons. The summed E-state index contributed by atoms with van der Waals surface area (Å²) in [6, 6.07) is 12.8. The second-order valence-electron chi connectivity index (χ2n) is 5.83. The van der Waals surface area contributed by atoms with E-state index >= 15 is 0 Å². The van der Waals surface area contributed by atoms with Crippen LogP contribution in [0.5, 0.6) is 0 Å². The van der Waals surface area contributed by atoms with Gasteiger partial charge in [-0.3, -0.25) is 4.79 Å². The van der Waals surface area contributed by atoms with Crippen molar-refractivity contribution in [3.63, 3.8) is 0 Å². The lowest BCUT2D eigenvalue weighted by Crippen LogP contribution is -2.44. The van der Waals surface area contributed by atoms with Gasteiger partial charge < -0.3 is 5.32 Å². The predicted octanol–water partition coefficient (Wildman–Crippen LogP) is 1.99. The van der Waals surface area contributed by atoms with Gasteiger partial charge in [0.15, 0.2) is 0 Å². The minimum Gasteiger partial charge on any atom is -0.359 e. The largest absolute Gasteiger partial charge is 0.359 e. The van der Waals surface area contributed by atoms with Crippen LogP contribution in [-0.2, 0) is 14.8 Å². The van der Waals surface area contributed by atoms with Crippen LogP contribution in [0.15, 0.2) is 47.4 Å². The van der Waals surface area contributed by atoms with Crippen LogP contribution < -0.4 is 5.32 Å². The second-order valence-corrected chi connectivity index (χ2v) is 7.76. The van der Waals surface area contributed by atoms with Gasteiger partial charge in [-0.15, -0.1) is 0 Å². The number of piperidine rings is 1. The Balaban J connectivity index is 1.91. The summed E-state index contributed by atoms with van der Waals surface area (Å²) in [4.78, 5) is 12.1. The summed E-state index contributed by atoms with van der Waals surface area (Å²) in [6.07, 6.45) is 1.42. The van der Waals surface area contributed by atoms with Crippen LogP contribution in [0.3, 0.4) is 0 Å². The highest BCUT2D eigenvalue weighted by Crippen LogP contribution is 2.26. The second kappa shape index (κ2) is 6.29. The van der Waals surface area contributed by atoms with E-state index in [4.69, 9.17) is 0 Å². The number of carbonyl (C=O) groups excluding carboxylic acids is 1. The summed E-state index contributed by atoms with van der Waals surface area (Å²) in [5.41, 5.74) is 0. The van der Waals surface area contributed by atoms with Gasteiger partial charge in [-0.2, -0.15) is 4.31 Å². The zero-order valence-corrected chi connectivity index (χ0v) is 13.8. The molecular formula is C17H20N2O3S. The van der Waals surface area contributed by atoms with E-state index in [1.54, 1.807) is 19.2 Å². The van der Waals surface area contributed by atoms with Crippen molar-refractivity contribution in [2.75, 3.05) is 20.1 Å². The van der Waals surface area contributed by atoms with Crippen molar-refractivity contribution in [3.8, 4) is 0 Å². The van der Waals surface area contributed by atoms with E-state index < -0.39 is 10.0 Å². The number of nitrogens with one attached hydrogen (secondary N) is 1. The third kappa shape index (κ3) is 3.09. The summed E-state index contributed by atoms with van der Waals surface area (Å²) >= 11 is 0. The van der Waals surface area contributed by atoms with Crippen molar-refractivity contribution in [2.24, 2.45) is 5.92 Å². The molecule has 3 rings (SSSR count). The average Bonchev–Trinajstić information content (AvgIpc) is 2.60. The normalized spacial score (nSPS) is 19.6. The van der Waals surface area contributed by atoms with E-state index in [0.717, 1.165) is 17.2 Å². The molecule has 0 aliphatic carbocycles. The topological polar surface area (TPSA) is 66.5 Å². The SMILES string of the molecule is CNC(=O)C1CCCN(S(=O)(=O)c2ccc3ccccc3c2)C1. The van der Waals surface area contributed by atoms with Crippen molar-refractivity contribution >= 4 is 26.7 Å². The first-order valence-electron chi connectivity index (χ1n) is 7.73. The maximum Gasteiger partial charge on any atom is 0.243 e. The van der Waals surface area contributed by atoms with Gasteiger partial charge >= 0.3 is 0 Å². The number of amides is 1. The van der Waals surface area contributed by atoms with E-state index in [0.29, 0.717) is 13.0 Å². The molecule has 2 aromatic carbocycles. The molecular weight excluding hydrogens is 312 g/mol. The lowest BCUT2D eigenvalue weighted by Gasteiger charge is -2.31. The van der Waals surface area contributed by atoms with Crippen LogP contribution in [0.25, 0.3) is 10.8 Å². The van der Waals surface area contributed by atoms with Crippen molar-refractivity contribution in [3.05, 3.63) is 42.5 Å². The number of fused-ring (bicyclic) bond motifs is 1. The van der Waals surface area contributed by atoms with Crippen LogP contribution >= 0.6 is 0 Å². The molecule has 0 aromatic heterocycles. The molecule has 0 spiro atoms. The molecule has 122 valence electrons. The number of hydrogen-bond donors (Lipinski definition) is 1. The maximum absolute atomic E-state index is 12.9. The van der Waals surface area contributed by atoms with E-state index in [1.807, 2.05) is 30.3 Å². The molecule has 6 heteroatoms. The molecule has 1 aliphatic rings. The molecule has 1 heterocycles. The fourth-order valence-corrected chi connectivity index (χ4v) is 4.62. The number of rotatable bonds is 3. The van der Waals surface area contributed by atoms with Gasteiger partial charge in [0.1, 0.15) is 0 Å². The number of nitrogens with zero attached hydrogens (tertiary/aromatic N) is 1. The summed E-state index contributed by atoms with van der Waals surface area (Å²) in [7, 11) is -1.99. The average molecular weight is 332 g/mol. The summed E-state index contributed by atoms with van der Waals surface area (Å²) in [5.74, 6) is -0.368. The maximum atomic E-state index is 12.9. The Labute approximate surface area is 136 Å². The molecule has 1 unspecified atom stereocenters. The van der Waals surface area contributed by atoms with Crippen LogP contribution in [0, 0.1) is 5.92 Å². The zero-order valence-electron chi connectivity index (χ0n) is 13.0. The van der Waals surface area contributed by atoms with Gasteiger partial charge in [0.05, 0.1) is 10.8 Å². The smallest absolute Gasteiger partial charge is 0.243 e. The Morgan fingerprint density at radius 2 is 1.91 bits per heavy atom. The van der Waals surface area contributed by atoms with Gasteiger partial charge in [-0.1, -0.05) is 30.3 Å². The summed E-state index contributed by atoms with van der Waals surface area (Å²) in [6.45, 7) is 0.706. The van der Waals surface area contributed by atoms with E-state index in [9.17, 15) is 13.2 Å². The lowest BCUT2D eigenvalue weighted by atomic mass is 9.99. The zero-order chi connectivity index (χ0) is 16.4. The minimum atomic E-state index is -3.57. The summed E-state index contributed by atoms with van der Waals surface area (Å²) < 4.78 is 27.2. The Hall–Kier alpha value is -1.92. The molecule has 2 aromatic rings. The lowest BCUT2D eigenvalue weighted by molar-refractivity contribution is -0.125. The van der Waals surface area contributed by atoms with Crippen molar-refractivity contribution in [2.45, 2.75) is 17.7 Å². The molecule has 1 atom stereocenters. The predicted molar refractivity (Wildman–Crippen MR) is 89.5 cm³/mol. The van der Waals surface area contributed by atoms with Crippen LogP contribution in [0.2, 0.25) is 0 Å². The highest BCUT2D eigenvalue weighted by atomic mass is 32.2. The fraction of sp³-hybridized carbons (Fsp3) is 0.353. The third-order valence-corrected chi connectivity index (χ3v) is 6.22. The van der Waals surface area contributed by atoms with E-state index in [2.05, 4.69) is 5.32 Å². The first-order valence-corrected chi connectivity index (χ1v) is 9.17. The Morgan fingerprint density at radius 1 is 1.17 bits per heavy atom. The Bertz CT molecular complexity index is 833. The molecule has 5 nitrogen and oxygen atoms in total. The molecule has 1 fully saturated rings. The van der Waals surface area contributed by atoms with Crippen LogP contribution in [0.4, 0.5) is 0 Å². The van der Waals surface area contributed by atoms with E-state index in [-0.39, 0.29) is 23.3 Å². The van der Waals surface area contributed by atoms with Gasteiger partial charge in [0.2, 0.25) is 15.9 Å². The number of sulfonamides is 1. The first-order chi connectivity index (χ1) is 11.0. The molecule has 0 saturated carbocycles. The van der Waals surface area contributed by atoms with Crippen molar-refractivity contribution in [1.29, 1.82) is 0 Å². The Morgan fingerprint density at radius 3 is 2.65 bits per heavy atom. The van der Waals surface area contributed by atoms with Gasteiger partial charge in [0, 0.05) is 20.1 Å². The van der Waals surface area contributed by atoms with Gasteiger partial charge in [0.25, 0.3) is 0 Å². The van der Waals surface area contributed by atoms with Crippen LogP contribution in [0.1, 0.15) is 12.8 Å². The fourth-order valence-electron chi connectivity index (χ4n) is 3.06. The Kier molecular flexibility index (Phi) is 4.37. The molecule has 1 N–H and O–H groups in total. The molecule has 0 bridgehead atoms. The monoisotopic (exact) mass is 332 g/mol. The third-order valence-electron chi connectivity index (χ3n) is 4.36. The summed E-state index contributed by atoms with van der Waals surface area (Å²) in [5, 5.41) is 4.51. The van der Waals surface area contributed by atoms with Gasteiger partial charge in [-0.25, -0.2) is 8.42 Å². The molecule has 1 amide bonds. The number of carbonyl (C=O) groups is 1. The standard InChI is InChI=1S/C17H20N2O3S/c1-18-17(20)15-7-4-10-19(12-15)23(21,22)16-9-8-13-5-2-3-6-14(13)11-16/h2-3,5-6,8-9,11,15H,4,7,10,12H2,1H3,(H,18,20). The molecule has 23 heavy (non-hydrogen) atoms. The van der Waals surface area contributed by atoms with Crippen molar-refractivity contribution < 1.29 is 13.2 Å². The quantitative estimate of drug-likeness (QED) is 0.935. The highest BCUT2D eigenvalue weighted by Gasteiger charge is 2.32. The highest BCUT2D eigenvalue weighted by molar-refractivity contribution is 7.89. The molecule has 1 saturated heterocycles. The van der Waals surface area contributed by atoms with Crippen LogP contribution in [-0.4, -0.2) is 38.8 Å². The van der Waals surface area contributed by atoms with Gasteiger partial charge in [-0.05, 0) is 35.7 Å². The van der Waals surface area contributed by atoms with Crippen molar-refractivity contribution in [1.82, 2.24) is 9.62 Å². The number of hydrogen-bond acceptors (Lipinski definition) is 3. The number of benzene rings is 2. The minimum absolute atomic E-state index is 0.0941. The van der Waals surface area contributed by atoms with E-state index in [1.165, 1.54) is 4.31 Å².